The van der Waals surface area contributed by atoms with Gasteiger partial charge < -0.3 is 5.73 Å². The van der Waals surface area contributed by atoms with E-state index < -0.39 is 5.54 Å². The Kier molecular flexibility index (Phi) is 4.72. The van der Waals surface area contributed by atoms with Crippen LogP contribution < -0.4 is 5.73 Å². The fourth-order valence-electron chi connectivity index (χ4n) is 1.70. The minimum absolute atomic E-state index is 0.699. The summed E-state index contributed by atoms with van der Waals surface area (Å²) in [5.41, 5.74) is 7.23. The third-order valence-corrected chi connectivity index (χ3v) is 4.01. The van der Waals surface area contributed by atoms with E-state index in [0.29, 0.717) is 0 Å². The van der Waals surface area contributed by atoms with E-state index in [1.54, 1.807) is 6.92 Å². The van der Waals surface area contributed by atoms with Crippen LogP contribution in [0.1, 0.15) is 37.6 Å². The Balaban J connectivity index is 2.42. The highest BCUT2D eigenvalue weighted by molar-refractivity contribution is 9.10. The average Bonchev–Trinajstić information content (AvgIpc) is 2.52. The molecule has 94 valence electrons. The molecule has 0 saturated heterocycles. The molecule has 1 aromatic rings. The summed E-state index contributed by atoms with van der Waals surface area (Å²) in [6, 6.07) is 2.11. The largest absolute Gasteiger partial charge is 0.314 e. The molecule has 1 heterocycles. The Morgan fingerprint density at radius 3 is 2.59 bits per heavy atom. The highest BCUT2D eigenvalue weighted by atomic mass is 79.9. The number of aryl methyl sites for hydroxylation is 2. The van der Waals surface area contributed by atoms with Crippen molar-refractivity contribution in [3.05, 3.63) is 15.9 Å². The zero-order valence-electron chi connectivity index (χ0n) is 10.6. The van der Waals surface area contributed by atoms with E-state index in [0.717, 1.165) is 41.7 Å². The van der Waals surface area contributed by atoms with Gasteiger partial charge in [0.15, 0.2) is 0 Å². The summed E-state index contributed by atoms with van der Waals surface area (Å²) in [7, 11) is 0. The Morgan fingerprint density at radius 1 is 1.47 bits per heavy atom. The van der Waals surface area contributed by atoms with Gasteiger partial charge in [-0.05, 0) is 56.0 Å². The molecule has 1 unspecified atom stereocenters. The van der Waals surface area contributed by atoms with E-state index in [1.807, 2.05) is 18.5 Å². The van der Waals surface area contributed by atoms with Gasteiger partial charge in [0, 0.05) is 12.2 Å². The maximum Gasteiger partial charge on any atom is 0.101 e. The van der Waals surface area contributed by atoms with Crippen LogP contribution in [0, 0.1) is 25.2 Å². The molecule has 0 aliphatic heterocycles. The number of halogens is 1. The second-order valence-electron chi connectivity index (χ2n) is 4.69. The Bertz CT molecular complexity index is 428. The van der Waals surface area contributed by atoms with Crippen LogP contribution in [-0.2, 0) is 6.54 Å². The van der Waals surface area contributed by atoms with E-state index in [4.69, 9.17) is 11.0 Å². The molecule has 0 aliphatic rings. The molecule has 1 rings (SSSR count). The number of hydrogen-bond donors (Lipinski definition) is 1. The monoisotopic (exact) mass is 298 g/mol. The summed E-state index contributed by atoms with van der Waals surface area (Å²) in [6.07, 6.45) is 2.66. The molecule has 5 heteroatoms. The molecule has 1 aromatic heterocycles. The molecule has 4 nitrogen and oxygen atoms in total. The molecule has 1 atom stereocenters. The van der Waals surface area contributed by atoms with Gasteiger partial charge in [0.2, 0.25) is 0 Å². The first-order valence-corrected chi connectivity index (χ1v) is 6.56. The highest BCUT2D eigenvalue weighted by Gasteiger charge is 2.16. The van der Waals surface area contributed by atoms with Gasteiger partial charge in [-0.1, -0.05) is 0 Å². The maximum absolute atomic E-state index is 8.80. The van der Waals surface area contributed by atoms with Crippen LogP contribution >= 0.6 is 15.9 Å². The molecule has 17 heavy (non-hydrogen) atoms. The third kappa shape index (κ3) is 3.83. The van der Waals surface area contributed by atoms with Crippen molar-refractivity contribution >= 4 is 15.9 Å². The third-order valence-electron chi connectivity index (χ3n) is 2.86. The normalized spacial score (nSPS) is 14.4. The number of rotatable bonds is 5. The van der Waals surface area contributed by atoms with Crippen molar-refractivity contribution in [2.45, 2.75) is 52.1 Å². The summed E-state index contributed by atoms with van der Waals surface area (Å²) < 4.78 is 3.08. The zero-order chi connectivity index (χ0) is 13.1. The van der Waals surface area contributed by atoms with Crippen LogP contribution in [0.2, 0.25) is 0 Å². The Hall–Kier alpha value is -0.860. The lowest BCUT2D eigenvalue weighted by atomic mass is 9.98. The molecule has 0 fully saturated rings. The maximum atomic E-state index is 8.80. The van der Waals surface area contributed by atoms with Gasteiger partial charge in [0.25, 0.3) is 0 Å². The van der Waals surface area contributed by atoms with Crippen LogP contribution in [0.25, 0.3) is 0 Å². The summed E-state index contributed by atoms with van der Waals surface area (Å²) in [5, 5.41) is 13.2. The van der Waals surface area contributed by atoms with Gasteiger partial charge in [0.05, 0.1) is 16.2 Å². The van der Waals surface area contributed by atoms with Crippen molar-refractivity contribution in [2.24, 2.45) is 5.73 Å². The SMILES string of the molecule is Cc1nn(CCCCC(C)(N)C#N)c(C)c1Br. The smallest absolute Gasteiger partial charge is 0.101 e. The molecule has 0 aliphatic carbocycles. The number of hydrogen-bond acceptors (Lipinski definition) is 3. The van der Waals surface area contributed by atoms with E-state index in [9.17, 15) is 0 Å². The molecule has 0 aromatic carbocycles. The average molecular weight is 299 g/mol. The van der Waals surface area contributed by atoms with Crippen molar-refractivity contribution in [1.82, 2.24) is 9.78 Å². The predicted molar refractivity (Wildman–Crippen MR) is 71.5 cm³/mol. The van der Waals surface area contributed by atoms with E-state index >= 15 is 0 Å². The van der Waals surface area contributed by atoms with E-state index in [1.165, 1.54) is 0 Å². The summed E-state index contributed by atoms with van der Waals surface area (Å²) in [6.45, 7) is 6.68. The lowest BCUT2D eigenvalue weighted by Gasteiger charge is -2.14. The minimum atomic E-state index is -0.699. The van der Waals surface area contributed by atoms with Crippen LogP contribution in [0.5, 0.6) is 0 Å². The van der Waals surface area contributed by atoms with Crippen LogP contribution in [0.15, 0.2) is 4.47 Å². The second-order valence-corrected chi connectivity index (χ2v) is 5.49. The van der Waals surface area contributed by atoms with Crippen molar-refractivity contribution in [3.63, 3.8) is 0 Å². The van der Waals surface area contributed by atoms with E-state index in [2.05, 4.69) is 27.1 Å². The topological polar surface area (TPSA) is 67.6 Å². The second kappa shape index (κ2) is 5.65. The van der Waals surface area contributed by atoms with Gasteiger partial charge in [-0.2, -0.15) is 10.4 Å². The lowest BCUT2D eigenvalue weighted by Crippen LogP contribution is -2.33. The van der Waals surface area contributed by atoms with Gasteiger partial charge in [0.1, 0.15) is 5.54 Å². The first-order chi connectivity index (χ1) is 7.87. The van der Waals surface area contributed by atoms with Crippen LogP contribution in [0.4, 0.5) is 0 Å². The summed E-state index contributed by atoms with van der Waals surface area (Å²) >= 11 is 3.51. The molecular weight excluding hydrogens is 280 g/mol. The number of aromatic nitrogens is 2. The molecule has 0 radical (unpaired) electrons. The van der Waals surface area contributed by atoms with Gasteiger partial charge in [-0.25, -0.2) is 0 Å². The summed E-state index contributed by atoms with van der Waals surface area (Å²) in [5.74, 6) is 0. The van der Waals surface area contributed by atoms with Crippen LogP contribution in [0.3, 0.4) is 0 Å². The highest BCUT2D eigenvalue weighted by Crippen LogP contribution is 2.20. The van der Waals surface area contributed by atoms with Crippen molar-refractivity contribution in [1.29, 1.82) is 5.26 Å². The Labute approximate surface area is 111 Å². The molecule has 2 N–H and O–H groups in total. The zero-order valence-corrected chi connectivity index (χ0v) is 12.2. The minimum Gasteiger partial charge on any atom is -0.314 e. The molecule has 0 amide bonds. The molecule has 0 saturated carbocycles. The Morgan fingerprint density at radius 2 is 2.12 bits per heavy atom. The van der Waals surface area contributed by atoms with Crippen molar-refractivity contribution in [2.75, 3.05) is 0 Å². The lowest BCUT2D eigenvalue weighted by molar-refractivity contribution is 0.471. The predicted octanol–water partition coefficient (Wildman–Crippen LogP) is 2.67. The fourth-order valence-corrected chi connectivity index (χ4v) is 1.99. The number of nitrogens with two attached hydrogens (primary N) is 1. The van der Waals surface area contributed by atoms with Crippen LogP contribution in [-0.4, -0.2) is 15.3 Å². The van der Waals surface area contributed by atoms with Gasteiger partial charge >= 0.3 is 0 Å². The summed E-state index contributed by atoms with van der Waals surface area (Å²) in [4.78, 5) is 0. The molecule has 0 bridgehead atoms. The molecule has 0 spiro atoms. The van der Waals surface area contributed by atoms with Crippen molar-refractivity contribution in [3.8, 4) is 6.07 Å². The number of nitrogens with zero attached hydrogens (tertiary/aromatic N) is 3. The van der Waals surface area contributed by atoms with E-state index in [-0.39, 0.29) is 0 Å². The quantitative estimate of drug-likeness (QED) is 0.850. The van der Waals surface area contributed by atoms with Gasteiger partial charge in [-0.3, -0.25) is 4.68 Å². The number of unbranched alkanes of at least 4 members (excludes halogenated alkanes) is 1. The fraction of sp³-hybridized carbons (Fsp3) is 0.667. The standard InChI is InChI=1S/C12H19BrN4/c1-9-11(13)10(2)17(16-9)7-5-4-6-12(3,15)8-14/h4-7,15H2,1-3H3. The first kappa shape index (κ1) is 14.2. The van der Waals surface area contributed by atoms with Crippen molar-refractivity contribution < 1.29 is 0 Å². The number of nitriles is 1. The van der Waals surface area contributed by atoms with Gasteiger partial charge in [-0.15, -0.1) is 0 Å². The first-order valence-electron chi connectivity index (χ1n) is 5.77. The molecular formula is C12H19BrN4.